The Morgan fingerprint density at radius 2 is 1.70 bits per heavy atom. The lowest BCUT2D eigenvalue weighted by molar-refractivity contribution is -0.122. The maximum atomic E-state index is 12.9. The van der Waals surface area contributed by atoms with Crippen molar-refractivity contribution in [3.05, 3.63) is 54.6 Å². The van der Waals surface area contributed by atoms with Crippen LogP contribution in [-0.2, 0) is 14.8 Å². The van der Waals surface area contributed by atoms with Crippen LogP contribution in [0, 0.1) is 11.8 Å². The van der Waals surface area contributed by atoms with Crippen LogP contribution < -0.4 is 14.4 Å². The van der Waals surface area contributed by atoms with E-state index in [9.17, 15) is 13.2 Å². The number of benzene rings is 2. The van der Waals surface area contributed by atoms with Crippen LogP contribution in [0.15, 0.2) is 54.6 Å². The van der Waals surface area contributed by atoms with Crippen molar-refractivity contribution >= 4 is 21.6 Å². The molecule has 2 aromatic rings. The summed E-state index contributed by atoms with van der Waals surface area (Å²) < 4.78 is 32.0. The molecule has 0 heterocycles. The number of ether oxygens (including phenoxy) is 1. The van der Waals surface area contributed by atoms with Gasteiger partial charge in [-0.2, -0.15) is 0 Å². The van der Waals surface area contributed by atoms with Crippen LogP contribution in [-0.4, -0.2) is 32.7 Å². The number of hydrogen-bond acceptors (Lipinski definition) is 4. The molecule has 0 aromatic heterocycles. The fraction of sp³-hybridized carbons (Fsp3) is 0.435. The Balaban J connectivity index is 1.48. The molecule has 0 unspecified atom stereocenters. The minimum Gasteiger partial charge on any atom is -0.457 e. The molecule has 0 aliphatic heterocycles. The highest BCUT2D eigenvalue weighted by Gasteiger charge is 2.41. The van der Waals surface area contributed by atoms with Crippen molar-refractivity contribution in [3.8, 4) is 11.5 Å². The highest BCUT2D eigenvalue weighted by Crippen LogP contribution is 2.44. The quantitative estimate of drug-likeness (QED) is 0.725. The molecule has 1 N–H and O–H groups in total. The first kappa shape index (κ1) is 20.7. The second-order valence-corrected chi connectivity index (χ2v) is 10.3. The van der Waals surface area contributed by atoms with Gasteiger partial charge in [-0.05, 0) is 74.4 Å². The van der Waals surface area contributed by atoms with Crippen molar-refractivity contribution in [3.63, 3.8) is 0 Å². The molecule has 4 atom stereocenters. The van der Waals surface area contributed by atoms with Gasteiger partial charge in [-0.1, -0.05) is 24.6 Å². The lowest BCUT2D eigenvalue weighted by Crippen LogP contribution is -2.51. The van der Waals surface area contributed by atoms with Gasteiger partial charge in [0.25, 0.3) is 0 Å². The van der Waals surface area contributed by atoms with Crippen LogP contribution in [0.2, 0.25) is 0 Å². The maximum absolute atomic E-state index is 12.9. The first-order chi connectivity index (χ1) is 14.3. The number of para-hydroxylation sites is 1. The van der Waals surface area contributed by atoms with Crippen LogP contribution >= 0.6 is 0 Å². The number of nitrogens with zero attached hydrogens (tertiary/aromatic N) is 1. The Hall–Kier alpha value is -2.54. The molecule has 0 saturated heterocycles. The Bertz CT molecular complexity index is 992. The van der Waals surface area contributed by atoms with E-state index in [1.165, 1.54) is 17.1 Å². The van der Waals surface area contributed by atoms with Crippen molar-refractivity contribution < 1.29 is 17.9 Å². The average Bonchev–Trinajstić information content (AvgIpc) is 3.32. The second kappa shape index (κ2) is 8.30. The third kappa shape index (κ3) is 4.46. The monoisotopic (exact) mass is 428 g/mol. The summed E-state index contributed by atoms with van der Waals surface area (Å²) >= 11 is 0. The molecule has 0 radical (unpaired) electrons. The van der Waals surface area contributed by atoms with Gasteiger partial charge in [-0.15, -0.1) is 0 Å². The normalized spacial score (nSPS) is 23.7. The van der Waals surface area contributed by atoms with E-state index in [4.69, 9.17) is 4.74 Å². The van der Waals surface area contributed by atoms with Crippen molar-refractivity contribution in [1.29, 1.82) is 0 Å². The van der Waals surface area contributed by atoms with Crippen molar-refractivity contribution in [2.45, 2.75) is 44.7 Å². The van der Waals surface area contributed by atoms with E-state index in [0.717, 1.165) is 19.1 Å². The average molecular weight is 429 g/mol. The lowest BCUT2D eigenvalue weighted by Gasteiger charge is -2.31. The highest BCUT2D eigenvalue weighted by atomic mass is 32.2. The van der Waals surface area contributed by atoms with Crippen LogP contribution in [0.4, 0.5) is 5.69 Å². The van der Waals surface area contributed by atoms with Crippen LogP contribution in [0.3, 0.4) is 0 Å². The molecule has 0 spiro atoms. The van der Waals surface area contributed by atoms with E-state index in [2.05, 4.69) is 5.32 Å². The van der Waals surface area contributed by atoms with Gasteiger partial charge in [0.05, 0.1) is 11.9 Å². The molecule has 30 heavy (non-hydrogen) atoms. The molecule has 2 saturated carbocycles. The molecule has 2 aromatic carbocycles. The highest BCUT2D eigenvalue weighted by molar-refractivity contribution is 7.92. The van der Waals surface area contributed by atoms with Gasteiger partial charge in [-0.25, -0.2) is 8.42 Å². The zero-order chi connectivity index (χ0) is 21.3. The summed E-state index contributed by atoms with van der Waals surface area (Å²) in [5.74, 6) is 2.29. The fourth-order valence-electron chi connectivity index (χ4n) is 4.82. The van der Waals surface area contributed by atoms with E-state index < -0.39 is 16.1 Å². The number of rotatable bonds is 7. The zero-order valence-electron chi connectivity index (χ0n) is 17.3. The predicted octanol–water partition coefficient (Wildman–Crippen LogP) is 3.94. The van der Waals surface area contributed by atoms with Crippen molar-refractivity contribution in [1.82, 2.24) is 5.32 Å². The Kier molecular flexibility index (Phi) is 5.73. The molecule has 160 valence electrons. The summed E-state index contributed by atoms with van der Waals surface area (Å²) in [4.78, 5) is 12.9. The summed E-state index contributed by atoms with van der Waals surface area (Å²) in [6, 6.07) is 15.4. The number of carbonyl (C=O) groups is 1. The van der Waals surface area contributed by atoms with Gasteiger partial charge < -0.3 is 10.1 Å². The van der Waals surface area contributed by atoms with Crippen LogP contribution in [0.1, 0.15) is 32.6 Å². The van der Waals surface area contributed by atoms with Crippen molar-refractivity contribution in [2.75, 3.05) is 10.6 Å². The molecular weight excluding hydrogens is 400 g/mol. The number of sulfonamides is 1. The van der Waals surface area contributed by atoms with Gasteiger partial charge in [0.1, 0.15) is 17.5 Å². The topological polar surface area (TPSA) is 75.7 Å². The lowest BCUT2D eigenvalue weighted by atomic mass is 9.95. The largest absolute Gasteiger partial charge is 0.457 e. The van der Waals surface area contributed by atoms with E-state index in [1.54, 1.807) is 31.2 Å². The molecule has 2 fully saturated rings. The van der Waals surface area contributed by atoms with Crippen molar-refractivity contribution in [2.24, 2.45) is 11.8 Å². The number of carbonyl (C=O) groups excluding carboxylic acids is 1. The third-order valence-electron chi connectivity index (χ3n) is 6.22. The van der Waals surface area contributed by atoms with E-state index in [-0.39, 0.29) is 11.9 Å². The molecular formula is C23H28N2O4S. The second-order valence-electron chi connectivity index (χ2n) is 8.43. The van der Waals surface area contributed by atoms with Gasteiger partial charge in [0.2, 0.25) is 15.9 Å². The molecule has 6 nitrogen and oxygen atoms in total. The molecule has 2 aliphatic carbocycles. The number of hydrogen-bond donors (Lipinski definition) is 1. The van der Waals surface area contributed by atoms with Gasteiger partial charge in [0.15, 0.2) is 0 Å². The Labute approximate surface area is 178 Å². The Morgan fingerprint density at radius 3 is 2.27 bits per heavy atom. The number of fused-ring (bicyclic) bond motifs is 2. The molecule has 1 amide bonds. The van der Waals surface area contributed by atoms with Gasteiger partial charge in [-0.3, -0.25) is 9.10 Å². The summed E-state index contributed by atoms with van der Waals surface area (Å²) in [6.45, 7) is 1.64. The van der Waals surface area contributed by atoms with Crippen LogP contribution in [0.5, 0.6) is 11.5 Å². The van der Waals surface area contributed by atoms with Crippen LogP contribution in [0.25, 0.3) is 0 Å². The summed E-state index contributed by atoms with van der Waals surface area (Å²) in [5, 5.41) is 3.11. The molecule has 4 rings (SSSR count). The Morgan fingerprint density at radius 1 is 1.03 bits per heavy atom. The fourth-order valence-corrected chi connectivity index (χ4v) is 5.99. The number of nitrogens with one attached hydrogen (secondary N) is 1. The predicted molar refractivity (Wildman–Crippen MR) is 117 cm³/mol. The van der Waals surface area contributed by atoms with E-state index in [1.807, 2.05) is 30.3 Å². The first-order valence-corrected chi connectivity index (χ1v) is 12.3. The van der Waals surface area contributed by atoms with Gasteiger partial charge >= 0.3 is 0 Å². The maximum Gasteiger partial charge on any atom is 0.243 e. The minimum absolute atomic E-state index is 0.168. The number of anilines is 1. The SMILES string of the molecule is C[C@H](C(=O)N[C@H]1C[C@@H]2CC[C@@H]1C2)N(c1ccc(Oc2ccccc2)cc1)S(C)(=O)=O. The molecule has 7 heteroatoms. The number of amides is 1. The molecule has 2 aliphatic rings. The zero-order valence-corrected chi connectivity index (χ0v) is 18.1. The minimum atomic E-state index is -3.65. The van der Waals surface area contributed by atoms with Gasteiger partial charge in [0, 0.05) is 6.04 Å². The molecule has 2 bridgehead atoms. The summed E-state index contributed by atoms with van der Waals surface area (Å²) in [7, 11) is -3.65. The summed E-state index contributed by atoms with van der Waals surface area (Å²) in [5.41, 5.74) is 0.438. The first-order valence-electron chi connectivity index (χ1n) is 10.4. The van der Waals surface area contributed by atoms with E-state index >= 15 is 0 Å². The standard InChI is InChI=1S/C23H28N2O4S/c1-16(23(26)24-22-15-17-8-9-18(22)14-17)25(30(2,27)28)19-10-12-21(13-11-19)29-20-6-4-3-5-7-20/h3-7,10-13,16-18,22H,8-9,14-15H2,1-2H3,(H,24,26)/t16-,17-,18-,22+/m1/s1. The smallest absolute Gasteiger partial charge is 0.243 e. The van der Waals surface area contributed by atoms with E-state index in [0.29, 0.717) is 29.0 Å². The third-order valence-corrected chi connectivity index (χ3v) is 7.47. The summed E-state index contributed by atoms with van der Waals surface area (Å²) in [6.07, 6.45) is 5.72.